The summed E-state index contributed by atoms with van der Waals surface area (Å²) >= 11 is 0. The lowest BCUT2D eigenvalue weighted by molar-refractivity contribution is 0.395. The molecule has 0 amide bonds. The van der Waals surface area contributed by atoms with E-state index in [-0.39, 0.29) is 0 Å². The van der Waals surface area contributed by atoms with E-state index < -0.39 is 0 Å². The number of aryl methyl sites for hydroxylation is 1. The normalized spacial score (nSPS) is 17.4. The molecule has 0 aromatic heterocycles. The molecule has 1 aliphatic rings. The van der Waals surface area contributed by atoms with Crippen molar-refractivity contribution in [3.63, 3.8) is 0 Å². The largest absolute Gasteiger partial charge is 0.328 e. The predicted molar refractivity (Wildman–Crippen MR) is 143 cm³/mol. The van der Waals surface area contributed by atoms with Crippen LogP contribution >= 0.6 is 0 Å². The first-order chi connectivity index (χ1) is 15.5. The van der Waals surface area contributed by atoms with Crippen LogP contribution in [0, 0.1) is 6.92 Å². The summed E-state index contributed by atoms with van der Waals surface area (Å²) in [6, 6.07) is 27.2. The Morgan fingerprint density at radius 2 is 0.875 bits per heavy atom. The first kappa shape index (κ1) is 25.9. The van der Waals surface area contributed by atoms with Crippen molar-refractivity contribution in [2.24, 2.45) is 5.73 Å². The van der Waals surface area contributed by atoms with E-state index in [1.807, 2.05) is 0 Å². The Balaban J connectivity index is 0.000000547. The second-order valence-corrected chi connectivity index (χ2v) is 9.09. The fourth-order valence-electron chi connectivity index (χ4n) is 4.00. The summed E-state index contributed by atoms with van der Waals surface area (Å²) in [6.45, 7) is 10.6. The van der Waals surface area contributed by atoms with Crippen LogP contribution < -0.4 is 5.73 Å². The summed E-state index contributed by atoms with van der Waals surface area (Å²) in [5.74, 6) is 0.688. The van der Waals surface area contributed by atoms with Gasteiger partial charge in [0.25, 0.3) is 0 Å². The molecule has 0 saturated heterocycles. The molecule has 1 nitrogen and oxygen atoms in total. The second kappa shape index (κ2) is 13.9. The summed E-state index contributed by atoms with van der Waals surface area (Å²) in [6.07, 6.45) is 7.28. The number of hydrogen-bond donors (Lipinski definition) is 1. The van der Waals surface area contributed by atoms with Gasteiger partial charge in [0.15, 0.2) is 0 Å². The fraction of sp³-hybridized carbons (Fsp3) is 0.419. The van der Waals surface area contributed by atoms with Crippen LogP contribution in [-0.2, 0) is 0 Å². The maximum atomic E-state index is 6.04. The van der Waals surface area contributed by atoms with E-state index in [1.54, 1.807) is 0 Å². The van der Waals surface area contributed by atoms with Crippen LogP contribution in [0.4, 0.5) is 0 Å². The topological polar surface area (TPSA) is 26.0 Å². The molecule has 1 saturated carbocycles. The zero-order valence-electron chi connectivity index (χ0n) is 20.9. The van der Waals surface area contributed by atoms with Gasteiger partial charge in [-0.1, -0.05) is 119 Å². The Kier molecular flexibility index (Phi) is 11.2. The highest BCUT2D eigenvalue weighted by molar-refractivity contribution is 5.70. The van der Waals surface area contributed by atoms with Crippen molar-refractivity contribution in [1.82, 2.24) is 0 Å². The van der Waals surface area contributed by atoms with Crippen molar-refractivity contribution < 1.29 is 0 Å². The van der Waals surface area contributed by atoms with Crippen LogP contribution in [0.15, 0.2) is 72.8 Å². The smallest absolute Gasteiger partial charge is 0.00392 e. The van der Waals surface area contributed by atoms with Crippen molar-refractivity contribution in [3.05, 3.63) is 83.9 Å². The average Bonchev–Trinajstić information content (AvgIpc) is 2.82. The average molecular weight is 430 g/mol. The Morgan fingerprint density at radius 3 is 1.25 bits per heavy atom. The maximum Gasteiger partial charge on any atom is 0.00392 e. The molecule has 0 unspecified atom stereocenters. The first-order valence-electron chi connectivity index (χ1n) is 12.5. The molecule has 0 atom stereocenters. The van der Waals surface area contributed by atoms with Gasteiger partial charge in [-0.05, 0) is 66.3 Å². The Bertz CT molecular complexity index is 865. The molecule has 2 N–H and O–H groups in total. The van der Waals surface area contributed by atoms with E-state index in [4.69, 9.17) is 5.73 Å². The van der Waals surface area contributed by atoms with Crippen LogP contribution in [-0.4, -0.2) is 6.04 Å². The van der Waals surface area contributed by atoms with Crippen molar-refractivity contribution in [2.75, 3.05) is 0 Å². The summed E-state index contributed by atoms with van der Waals surface area (Å²) in [4.78, 5) is 0. The molecular weight excluding hydrogens is 386 g/mol. The van der Waals surface area contributed by atoms with Crippen molar-refractivity contribution in [1.29, 1.82) is 0 Å². The molecule has 0 aliphatic heterocycles. The summed E-state index contributed by atoms with van der Waals surface area (Å²) in [5, 5.41) is 0. The van der Waals surface area contributed by atoms with E-state index in [1.165, 1.54) is 59.1 Å². The van der Waals surface area contributed by atoms with Gasteiger partial charge >= 0.3 is 0 Å². The highest BCUT2D eigenvalue weighted by Crippen LogP contribution is 2.33. The molecule has 0 radical (unpaired) electrons. The van der Waals surface area contributed by atoms with E-state index in [2.05, 4.69) is 107 Å². The molecule has 32 heavy (non-hydrogen) atoms. The van der Waals surface area contributed by atoms with E-state index in [0.29, 0.717) is 12.0 Å². The number of hydrogen-bond acceptors (Lipinski definition) is 1. The van der Waals surface area contributed by atoms with Gasteiger partial charge in [-0.25, -0.2) is 0 Å². The monoisotopic (exact) mass is 429 g/mol. The van der Waals surface area contributed by atoms with Crippen molar-refractivity contribution in [3.8, 4) is 22.3 Å². The van der Waals surface area contributed by atoms with Gasteiger partial charge in [0.1, 0.15) is 0 Å². The highest BCUT2D eigenvalue weighted by Gasteiger charge is 2.19. The zero-order valence-corrected chi connectivity index (χ0v) is 20.9. The molecule has 3 aromatic rings. The van der Waals surface area contributed by atoms with Gasteiger partial charge in [-0.15, -0.1) is 0 Å². The number of rotatable bonds is 3. The van der Waals surface area contributed by atoms with Gasteiger partial charge in [0.05, 0.1) is 0 Å². The standard InChI is InChI=1S/C25H27N.2C3H8/c1-18-2-4-19(5-3-18)20-6-8-21(9-7-20)22-10-12-23(13-11-22)24-14-16-25(26)17-15-24;2*1-3-2/h2-13,24-25H,14-17,26H2,1H3;2*3H2,1-2H3. The minimum atomic E-state index is 0.414. The van der Waals surface area contributed by atoms with Crippen LogP contribution in [0.1, 0.15) is 83.3 Å². The molecule has 1 fully saturated rings. The van der Waals surface area contributed by atoms with Crippen LogP contribution in [0.25, 0.3) is 22.3 Å². The molecule has 172 valence electrons. The van der Waals surface area contributed by atoms with Crippen molar-refractivity contribution in [2.45, 2.75) is 85.1 Å². The molecular formula is C31H43N. The third-order valence-corrected chi connectivity index (χ3v) is 5.76. The van der Waals surface area contributed by atoms with Gasteiger partial charge < -0.3 is 5.73 Å². The Hall–Kier alpha value is -2.38. The Labute approximate surface area is 197 Å². The summed E-state index contributed by atoms with van der Waals surface area (Å²) in [7, 11) is 0. The first-order valence-corrected chi connectivity index (χ1v) is 12.5. The van der Waals surface area contributed by atoms with Crippen LogP contribution in [0.5, 0.6) is 0 Å². The van der Waals surface area contributed by atoms with E-state index in [9.17, 15) is 0 Å². The Morgan fingerprint density at radius 1 is 0.562 bits per heavy atom. The van der Waals surface area contributed by atoms with Crippen molar-refractivity contribution >= 4 is 0 Å². The minimum absolute atomic E-state index is 0.414. The molecule has 3 aromatic carbocycles. The van der Waals surface area contributed by atoms with Gasteiger partial charge in [0.2, 0.25) is 0 Å². The van der Waals surface area contributed by atoms with Gasteiger partial charge in [-0.2, -0.15) is 0 Å². The molecule has 1 aliphatic carbocycles. The predicted octanol–water partition coefficient (Wildman–Crippen LogP) is 9.15. The third-order valence-electron chi connectivity index (χ3n) is 5.76. The molecule has 0 bridgehead atoms. The third kappa shape index (κ3) is 7.95. The highest BCUT2D eigenvalue weighted by atomic mass is 14.6. The van der Waals surface area contributed by atoms with Crippen LogP contribution in [0.2, 0.25) is 0 Å². The molecule has 1 heteroatoms. The fourth-order valence-corrected chi connectivity index (χ4v) is 4.00. The summed E-state index contributed by atoms with van der Waals surface area (Å²) < 4.78 is 0. The lowest BCUT2D eigenvalue weighted by Crippen LogP contribution is -2.25. The second-order valence-electron chi connectivity index (χ2n) is 9.09. The molecule has 0 spiro atoms. The quantitative estimate of drug-likeness (QED) is 0.441. The van der Waals surface area contributed by atoms with E-state index >= 15 is 0 Å². The summed E-state index contributed by atoms with van der Waals surface area (Å²) in [5.41, 5.74) is 13.9. The number of nitrogens with two attached hydrogens (primary N) is 1. The van der Waals surface area contributed by atoms with Gasteiger partial charge in [-0.3, -0.25) is 0 Å². The maximum absolute atomic E-state index is 6.04. The number of benzene rings is 3. The lowest BCUT2D eigenvalue weighted by atomic mass is 9.82. The van der Waals surface area contributed by atoms with E-state index in [0.717, 1.165) is 12.8 Å². The lowest BCUT2D eigenvalue weighted by Gasteiger charge is -2.26. The van der Waals surface area contributed by atoms with Crippen LogP contribution in [0.3, 0.4) is 0 Å². The SMILES string of the molecule is CCC.CCC.Cc1ccc(-c2ccc(-c3ccc(C4CCC(N)CC4)cc3)cc2)cc1. The molecule has 4 rings (SSSR count). The minimum Gasteiger partial charge on any atom is -0.328 e. The van der Waals surface area contributed by atoms with Gasteiger partial charge in [0, 0.05) is 6.04 Å². The molecule has 0 heterocycles. The zero-order chi connectivity index (χ0) is 23.3.